The zero-order valence-electron chi connectivity index (χ0n) is 8.11. The Morgan fingerprint density at radius 2 is 1.55 bits per heavy atom. The summed E-state index contributed by atoms with van der Waals surface area (Å²) in [6, 6.07) is 0. The Labute approximate surface area is 76.0 Å². The van der Waals surface area contributed by atoms with Crippen LogP contribution in [0, 0.1) is 0 Å². The molecule has 1 heteroatoms. The van der Waals surface area contributed by atoms with Crippen LogP contribution in [-0.4, -0.2) is 21.2 Å². The van der Waals surface area contributed by atoms with Gasteiger partial charge in [-0.3, -0.25) is 0 Å². The Kier molecular flexibility index (Phi) is 5.31. The standard InChI is InChI=1S/C4H5.3C2H5.Pb/c1-3-4-2;3*1-2;/h3H,1-2H2;3*1H2,2H3;. The summed E-state index contributed by atoms with van der Waals surface area (Å²) in [6.07, 6.45) is 2.00. The molecule has 0 N–H and O–H groups in total. The third-order valence-electron chi connectivity index (χ3n) is 2.96. The summed E-state index contributed by atoms with van der Waals surface area (Å²) >= 11 is -2.01. The summed E-state index contributed by atoms with van der Waals surface area (Å²) in [5.74, 6) is 0. The normalized spacial score (nSPS) is 11.2. The van der Waals surface area contributed by atoms with Crippen LogP contribution in [0.5, 0.6) is 0 Å². The molecule has 64 valence electrons. The molecular weight excluding hydrogens is 327 g/mol. The molecular formula is C10H20Pb. The van der Waals surface area contributed by atoms with E-state index in [1.807, 2.05) is 6.08 Å². The van der Waals surface area contributed by atoms with E-state index >= 15 is 0 Å². The van der Waals surface area contributed by atoms with Crippen molar-refractivity contribution < 1.29 is 0 Å². The van der Waals surface area contributed by atoms with Crippen molar-refractivity contribution in [3.8, 4) is 0 Å². The summed E-state index contributed by atoms with van der Waals surface area (Å²) < 4.78 is 5.60. The first-order valence-corrected chi connectivity index (χ1v) is 14.7. The molecule has 11 heavy (non-hydrogen) atoms. The summed E-state index contributed by atoms with van der Waals surface area (Å²) in [6.45, 7) is 14.9. The van der Waals surface area contributed by atoms with Gasteiger partial charge in [-0.15, -0.1) is 0 Å². The van der Waals surface area contributed by atoms with Crippen LogP contribution in [0.2, 0.25) is 11.9 Å². The van der Waals surface area contributed by atoms with E-state index in [4.69, 9.17) is 0 Å². The van der Waals surface area contributed by atoms with Crippen LogP contribution >= 0.6 is 0 Å². The van der Waals surface area contributed by atoms with E-state index in [0.717, 1.165) is 0 Å². The van der Waals surface area contributed by atoms with E-state index in [0.29, 0.717) is 0 Å². The fourth-order valence-electron chi connectivity index (χ4n) is 1.65. The molecule has 0 spiro atoms. The Bertz CT molecular complexity index is 135. The van der Waals surface area contributed by atoms with Crippen LogP contribution in [0.3, 0.4) is 0 Å². The quantitative estimate of drug-likeness (QED) is 0.524. The molecule has 0 bridgehead atoms. The van der Waals surface area contributed by atoms with Crippen LogP contribution in [0.15, 0.2) is 22.4 Å². The first kappa shape index (κ1) is 11.4. The number of hydrogen-bond donors (Lipinski definition) is 0. The van der Waals surface area contributed by atoms with Crippen LogP contribution in [0.1, 0.15) is 20.8 Å². The van der Waals surface area contributed by atoms with E-state index in [1.165, 1.54) is 15.1 Å². The van der Waals surface area contributed by atoms with Crippen molar-refractivity contribution in [1.82, 2.24) is 0 Å². The van der Waals surface area contributed by atoms with Gasteiger partial charge >= 0.3 is 76.3 Å². The first-order valence-electron chi connectivity index (χ1n) is 4.48. The molecule has 0 aliphatic heterocycles. The molecule has 0 unspecified atom stereocenters. The van der Waals surface area contributed by atoms with Crippen LogP contribution in [-0.2, 0) is 0 Å². The molecule has 0 aromatic rings. The molecule has 0 fully saturated rings. The molecule has 0 atom stereocenters. The van der Waals surface area contributed by atoms with Gasteiger partial charge in [-0.2, -0.15) is 0 Å². The van der Waals surface area contributed by atoms with Gasteiger partial charge in [-0.1, -0.05) is 0 Å². The Morgan fingerprint density at radius 3 is 1.64 bits per heavy atom. The second-order valence-electron chi connectivity index (χ2n) is 3.07. The minimum atomic E-state index is -2.01. The van der Waals surface area contributed by atoms with Gasteiger partial charge in [-0.25, -0.2) is 0 Å². The molecule has 0 aliphatic rings. The third kappa shape index (κ3) is 2.42. The SMILES string of the molecule is C=C[C](=C)[Pb]([CH2]C)([CH2]C)[CH2]C. The third-order valence-corrected chi connectivity index (χ3v) is 24.8. The van der Waals surface area contributed by atoms with Crippen LogP contribution in [0.4, 0.5) is 0 Å². The van der Waals surface area contributed by atoms with Crippen LogP contribution in [0.25, 0.3) is 0 Å². The Balaban J connectivity index is 4.52. The average Bonchev–Trinajstić information content (AvgIpc) is 2.08. The molecule has 0 rings (SSSR count). The Morgan fingerprint density at radius 1 is 1.18 bits per heavy atom. The number of allylic oxidation sites excluding steroid dienone is 2. The Hall–Kier alpha value is 0.402. The predicted molar refractivity (Wildman–Crippen MR) is 56.5 cm³/mol. The van der Waals surface area contributed by atoms with Crippen LogP contribution < -0.4 is 0 Å². The van der Waals surface area contributed by atoms with Gasteiger partial charge in [0.25, 0.3) is 0 Å². The van der Waals surface area contributed by atoms with Gasteiger partial charge in [0.2, 0.25) is 0 Å². The maximum absolute atomic E-state index is 4.14. The fourth-order valence-corrected chi connectivity index (χ4v) is 14.5. The number of rotatable bonds is 5. The predicted octanol–water partition coefficient (Wildman–Crippen LogP) is 3.78. The average molecular weight is 347 g/mol. The van der Waals surface area contributed by atoms with Gasteiger partial charge in [0.1, 0.15) is 0 Å². The molecule has 0 aromatic carbocycles. The molecule has 0 nitrogen and oxygen atoms in total. The molecule has 0 radical (unpaired) electrons. The van der Waals surface area contributed by atoms with Gasteiger partial charge in [-0.05, 0) is 0 Å². The minimum absolute atomic E-state index is 1.39. The van der Waals surface area contributed by atoms with Gasteiger partial charge in [0.15, 0.2) is 0 Å². The molecule has 0 heterocycles. The van der Waals surface area contributed by atoms with Crippen molar-refractivity contribution in [2.45, 2.75) is 32.7 Å². The molecule has 0 aliphatic carbocycles. The summed E-state index contributed by atoms with van der Waals surface area (Å²) in [5.41, 5.74) is 0. The van der Waals surface area contributed by atoms with E-state index in [9.17, 15) is 0 Å². The van der Waals surface area contributed by atoms with Crippen molar-refractivity contribution in [2.24, 2.45) is 0 Å². The first-order chi connectivity index (χ1) is 5.16. The molecule has 0 saturated heterocycles. The van der Waals surface area contributed by atoms with E-state index in [2.05, 4.69) is 33.9 Å². The summed E-state index contributed by atoms with van der Waals surface area (Å²) in [4.78, 5) is 0. The second kappa shape index (κ2) is 5.12. The van der Waals surface area contributed by atoms with Crippen molar-refractivity contribution >= 4 is 21.2 Å². The number of hydrogen-bond acceptors (Lipinski definition) is 0. The molecule has 0 amide bonds. The van der Waals surface area contributed by atoms with E-state index < -0.39 is 21.2 Å². The maximum atomic E-state index is 4.14. The molecule has 0 saturated carbocycles. The van der Waals surface area contributed by atoms with Gasteiger partial charge in [0.05, 0.1) is 0 Å². The monoisotopic (exact) mass is 348 g/mol. The van der Waals surface area contributed by atoms with E-state index in [1.54, 1.807) is 0 Å². The summed E-state index contributed by atoms with van der Waals surface area (Å²) in [7, 11) is 0. The summed E-state index contributed by atoms with van der Waals surface area (Å²) in [5, 5.41) is 0. The topological polar surface area (TPSA) is 0 Å². The zero-order chi connectivity index (χ0) is 8.91. The van der Waals surface area contributed by atoms with Crippen molar-refractivity contribution in [2.75, 3.05) is 0 Å². The second-order valence-corrected chi connectivity index (χ2v) is 23.8. The zero-order valence-corrected chi connectivity index (χ0v) is 12.0. The van der Waals surface area contributed by atoms with Gasteiger partial charge in [0, 0.05) is 0 Å². The molecule has 0 aromatic heterocycles. The fraction of sp³-hybridized carbons (Fsp3) is 0.600. The van der Waals surface area contributed by atoms with Gasteiger partial charge < -0.3 is 0 Å². The van der Waals surface area contributed by atoms with E-state index in [-0.39, 0.29) is 0 Å². The van der Waals surface area contributed by atoms with Crippen molar-refractivity contribution in [3.05, 3.63) is 22.4 Å². The van der Waals surface area contributed by atoms with Crippen molar-refractivity contribution in [1.29, 1.82) is 0 Å². The van der Waals surface area contributed by atoms with Crippen molar-refractivity contribution in [3.63, 3.8) is 0 Å².